The Hall–Kier alpha value is -3.09. The normalized spacial score (nSPS) is 11.4. The molecule has 1 heterocycles. The van der Waals surface area contributed by atoms with Crippen LogP contribution in [0.3, 0.4) is 0 Å². The quantitative estimate of drug-likeness (QED) is 0.473. The number of hydrogen-bond donors (Lipinski definition) is 1. The fourth-order valence-electron chi connectivity index (χ4n) is 2.93. The molecule has 0 saturated carbocycles. The first-order valence-corrected chi connectivity index (χ1v) is 10.8. The van der Waals surface area contributed by atoms with Gasteiger partial charge in [0.1, 0.15) is 10.6 Å². The van der Waals surface area contributed by atoms with Crippen molar-refractivity contribution in [3.63, 3.8) is 0 Å². The van der Waals surface area contributed by atoms with Gasteiger partial charge in [0.2, 0.25) is 0 Å². The molecular formula is C22H18ClN3O2S. The number of nitrogens with one attached hydrogen (secondary N) is 1. The van der Waals surface area contributed by atoms with Crippen LogP contribution in [0.2, 0.25) is 5.02 Å². The van der Waals surface area contributed by atoms with Crippen molar-refractivity contribution in [2.45, 2.75) is 11.8 Å². The van der Waals surface area contributed by atoms with E-state index in [2.05, 4.69) is 9.82 Å². The fraction of sp³-hybridized carbons (Fsp3) is 0.0455. The molecule has 0 amide bonds. The summed E-state index contributed by atoms with van der Waals surface area (Å²) in [5, 5.41) is 5.06. The van der Waals surface area contributed by atoms with Crippen LogP contribution >= 0.6 is 11.6 Å². The zero-order valence-electron chi connectivity index (χ0n) is 15.6. The molecule has 0 unspecified atom stereocenters. The van der Waals surface area contributed by atoms with Gasteiger partial charge in [0, 0.05) is 10.6 Å². The fourth-order valence-corrected chi connectivity index (χ4v) is 4.31. The van der Waals surface area contributed by atoms with Crippen molar-refractivity contribution in [2.75, 3.05) is 4.72 Å². The van der Waals surface area contributed by atoms with Gasteiger partial charge in [-0.3, -0.25) is 4.72 Å². The van der Waals surface area contributed by atoms with E-state index < -0.39 is 10.0 Å². The zero-order valence-corrected chi connectivity index (χ0v) is 17.2. The van der Waals surface area contributed by atoms with E-state index in [1.807, 2.05) is 67.6 Å². The van der Waals surface area contributed by atoms with Gasteiger partial charge in [-0.2, -0.15) is 5.10 Å². The smallest absolute Gasteiger partial charge is 0.265 e. The summed E-state index contributed by atoms with van der Waals surface area (Å²) in [6, 6.07) is 23.7. The lowest BCUT2D eigenvalue weighted by Gasteiger charge is -2.09. The molecule has 0 aliphatic heterocycles. The van der Waals surface area contributed by atoms with Crippen LogP contribution in [0.5, 0.6) is 0 Å². The molecular weight excluding hydrogens is 406 g/mol. The van der Waals surface area contributed by atoms with Crippen LogP contribution in [0.15, 0.2) is 90.0 Å². The van der Waals surface area contributed by atoms with Crippen molar-refractivity contribution in [3.8, 4) is 16.9 Å². The summed E-state index contributed by atoms with van der Waals surface area (Å²) in [6.07, 6.45) is 1.52. The summed E-state index contributed by atoms with van der Waals surface area (Å²) in [7, 11) is -3.90. The van der Waals surface area contributed by atoms with E-state index >= 15 is 0 Å². The Morgan fingerprint density at radius 1 is 0.931 bits per heavy atom. The topological polar surface area (TPSA) is 64.0 Å². The van der Waals surface area contributed by atoms with Crippen LogP contribution in [0, 0.1) is 6.92 Å². The number of rotatable bonds is 5. The average Bonchev–Trinajstić information content (AvgIpc) is 3.19. The molecule has 29 heavy (non-hydrogen) atoms. The molecule has 1 aromatic heterocycles. The van der Waals surface area contributed by atoms with E-state index in [1.165, 1.54) is 6.20 Å². The third kappa shape index (κ3) is 4.04. The molecule has 146 valence electrons. The van der Waals surface area contributed by atoms with E-state index in [0.29, 0.717) is 22.0 Å². The van der Waals surface area contributed by atoms with Crippen molar-refractivity contribution in [2.24, 2.45) is 0 Å². The molecule has 3 aromatic carbocycles. The first-order chi connectivity index (χ1) is 13.9. The van der Waals surface area contributed by atoms with Crippen LogP contribution in [-0.4, -0.2) is 18.2 Å². The Bertz CT molecular complexity index is 1250. The van der Waals surface area contributed by atoms with E-state index in [4.69, 9.17) is 11.6 Å². The molecule has 4 aromatic rings. The summed E-state index contributed by atoms with van der Waals surface area (Å²) < 4.78 is 30.6. The molecule has 4 rings (SSSR count). The predicted octanol–water partition coefficient (Wildman–Crippen LogP) is 5.30. The molecule has 0 spiro atoms. The number of hydrogen-bond acceptors (Lipinski definition) is 3. The van der Waals surface area contributed by atoms with Gasteiger partial charge < -0.3 is 0 Å². The van der Waals surface area contributed by atoms with Crippen LogP contribution in [0.1, 0.15) is 5.56 Å². The maximum absolute atomic E-state index is 13.2. The molecule has 5 nitrogen and oxygen atoms in total. The lowest BCUT2D eigenvalue weighted by Crippen LogP contribution is -2.13. The highest BCUT2D eigenvalue weighted by molar-refractivity contribution is 7.92. The van der Waals surface area contributed by atoms with Gasteiger partial charge in [0.25, 0.3) is 10.0 Å². The lowest BCUT2D eigenvalue weighted by molar-refractivity contribution is 0.601. The predicted molar refractivity (Wildman–Crippen MR) is 116 cm³/mol. The van der Waals surface area contributed by atoms with Gasteiger partial charge >= 0.3 is 0 Å². The summed E-state index contributed by atoms with van der Waals surface area (Å²) in [5.41, 5.74) is 3.12. The second-order valence-corrected chi connectivity index (χ2v) is 8.62. The Kier molecular flexibility index (Phi) is 5.13. The van der Waals surface area contributed by atoms with Crippen molar-refractivity contribution in [3.05, 3.63) is 95.6 Å². The first-order valence-electron chi connectivity index (χ1n) is 8.93. The SMILES string of the molecule is Cc1ccc(NS(=O)(=O)c2cn(-c3ccccc3)nc2-c2ccccc2)cc1Cl. The highest BCUT2D eigenvalue weighted by atomic mass is 35.5. The maximum atomic E-state index is 13.2. The van der Waals surface area contributed by atoms with Crippen LogP contribution in [-0.2, 0) is 10.0 Å². The number of aryl methyl sites for hydroxylation is 1. The Morgan fingerprint density at radius 3 is 2.24 bits per heavy atom. The monoisotopic (exact) mass is 423 g/mol. The number of aromatic nitrogens is 2. The second-order valence-electron chi connectivity index (χ2n) is 6.56. The Labute approximate surface area is 174 Å². The zero-order chi connectivity index (χ0) is 20.4. The summed E-state index contributed by atoms with van der Waals surface area (Å²) in [5.74, 6) is 0. The van der Waals surface area contributed by atoms with Gasteiger partial charge in [-0.25, -0.2) is 13.1 Å². The highest BCUT2D eigenvalue weighted by Crippen LogP contribution is 2.29. The van der Waals surface area contributed by atoms with Crippen molar-refractivity contribution < 1.29 is 8.42 Å². The maximum Gasteiger partial charge on any atom is 0.265 e. The van der Waals surface area contributed by atoms with Crippen LogP contribution < -0.4 is 4.72 Å². The Balaban J connectivity index is 1.82. The van der Waals surface area contributed by atoms with Gasteiger partial charge in [0.15, 0.2) is 0 Å². The minimum absolute atomic E-state index is 0.0873. The number of anilines is 1. The summed E-state index contributed by atoms with van der Waals surface area (Å²) >= 11 is 6.15. The molecule has 0 atom stereocenters. The minimum atomic E-state index is -3.90. The molecule has 1 N–H and O–H groups in total. The number of benzene rings is 3. The van der Waals surface area contributed by atoms with Crippen LogP contribution in [0.4, 0.5) is 5.69 Å². The van der Waals surface area contributed by atoms with Gasteiger partial charge in [0.05, 0.1) is 17.6 Å². The van der Waals surface area contributed by atoms with E-state index in [1.54, 1.807) is 22.9 Å². The van der Waals surface area contributed by atoms with Crippen LogP contribution in [0.25, 0.3) is 16.9 Å². The van der Waals surface area contributed by atoms with Crippen molar-refractivity contribution >= 4 is 27.3 Å². The molecule has 0 aliphatic rings. The third-order valence-corrected chi connectivity index (χ3v) is 6.25. The molecule has 0 bridgehead atoms. The molecule has 0 aliphatic carbocycles. The van der Waals surface area contributed by atoms with Gasteiger partial charge in [-0.05, 0) is 36.8 Å². The lowest BCUT2D eigenvalue weighted by atomic mass is 10.2. The van der Waals surface area contributed by atoms with E-state index in [0.717, 1.165) is 11.3 Å². The molecule has 0 fully saturated rings. The average molecular weight is 424 g/mol. The number of sulfonamides is 1. The second kappa shape index (κ2) is 7.73. The number of nitrogens with zero attached hydrogens (tertiary/aromatic N) is 2. The standard InChI is InChI=1S/C22H18ClN3O2S/c1-16-12-13-18(14-20(16)23)25-29(27,28)21-15-26(19-10-6-3-7-11-19)24-22(21)17-8-4-2-5-9-17/h2-15,25H,1H3. The third-order valence-electron chi connectivity index (χ3n) is 4.46. The minimum Gasteiger partial charge on any atom is -0.279 e. The van der Waals surface area contributed by atoms with E-state index in [9.17, 15) is 8.42 Å². The van der Waals surface area contributed by atoms with Gasteiger partial charge in [-0.1, -0.05) is 66.2 Å². The summed E-state index contributed by atoms with van der Waals surface area (Å²) in [4.78, 5) is 0.0873. The Morgan fingerprint density at radius 2 is 1.59 bits per heavy atom. The number of halogens is 1. The summed E-state index contributed by atoms with van der Waals surface area (Å²) in [6.45, 7) is 1.86. The molecule has 0 saturated heterocycles. The molecule has 7 heteroatoms. The van der Waals surface area contributed by atoms with Crippen molar-refractivity contribution in [1.29, 1.82) is 0 Å². The largest absolute Gasteiger partial charge is 0.279 e. The highest BCUT2D eigenvalue weighted by Gasteiger charge is 2.24. The number of para-hydroxylation sites is 1. The van der Waals surface area contributed by atoms with E-state index in [-0.39, 0.29) is 4.90 Å². The molecule has 0 radical (unpaired) electrons. The van der Waals surface area contributed by atoms with Crippen molar-refractivity contribution in [1.82, 2.24) is 9.78 Å². The first kappa shape index (κ1) is 19.2. The van der Waals surface area contributed by atoms with Gasteiger partial charge in [-0.15, -0.1) is 0 Å².